The second-order valence-corrected chi connectivity index (χ2v) is 19.3. The first-order chi connectivity index (χ1) is 28.9. The molecule has 1 heteroatoms. The van der Waals surface area contributed by atoms with Crippen molar-refractivity contribution in [3.05, 3.63) is 161 Å². The van der Waals surface area contributed by atoms with Crippen molar-refractivity contribution in [2.45, 2.75) is 140 Å². The topological polar surface area (TPSA) is 3.24 Å². The van der Waals surface area contributed by atoms with Crippen molar-refractivity contribution in [3.63, 3.8) is 0 Å². The highest BCUT2D eigenvalue weighted by Gasteiger charge is 2.36. The molecule has 6 aromatic carbocycles. The molecule has 4 aliphatic carbocycles. The van der Waals surface area contributed by atoms with Gasteiger partial charge in [-0.05, 0) is 172 Å². The van der Waals surface area contributed by atoms with Crippen LogP contribution in [0.1, 0.15) is 161 Å². The Balaban J connectivity index is 1.03. The van der Waals surface area contributed by atoms with Gasteiger partial charge in [0.2, 0.25) is 0 Å². The summed E-state index contributed by atoms with van der Waals surface area (Å²) >= 11 is 0. The van der Waals surface area contributed by atoms with Gasteiger partial charge >= 0.3 is 0 Å². The molecule has 0 aliphatic heterocycles. The quantitative estimate of drug-likeness (QED) is 0.149. The molecule has 0 aromatic heterocycles. The number of aryl methyl sites for hydroxylation is 1. The molecule has 300 valence electrons. The molecule has 59 heavy (non-hydrogen) atoms. The van der Waals surface area contributed by atoms with E-state index in [1.54, 1.807) is 11.1 Å². The summed E-state index contributed by atoms with van der Waals surface area (Å²) in [6.45, 7) is 7.07. The van der Waals surface area contributed by atoms with E-state index in [-0.39, 0.29) is 5.41 Å². The van der Waals surface area contributed by atoms with Gasteiger partial charge in [-0.15, -0.1) is 0 Å². The van der Waals surface area contributed by atoms with E-state index < -0.39 is 0 Å². The van der Waals surface area contributed by atoms with Gasteiger partial charge in [-0.3, -0.25) is 0 Å². The van der Waals surface area contributed by atoms with Gasteiger partial charge in [0, 0.05) is 22.5 Å². The summed E-state index contributed by atoms with van der Waals surface area (Å²) in [5.41, 5.74) is 20.6. The molecule has 4 aliphatic rings. The van der Waals surface area contributed by atoms with E-state index in [4.69, 9.17) is 0 Å². The predicted molar refractivity (Wildman–Crippen MR) is 252 cm³/mol. The number of hydrogen-bond donors (Lipinski definition) is 0. The van der Waals surface area contributed by atoms with E-state index in [0.717, 1.165) is 0 Å². The normalized spacial score (nSPS) is 18.4. The van der Waals surface area contributed by atoms with Gasteiger partial charge in [0.15, 0.2) is 0 Å². The van der Waals surface area contributed by atoms with Crippen LogP contribution in [-0.4, -0.2) is 0 Å². The Bertz CT molecular complexity index is 2390. The fraction of sp³-hybridized carbons (Fsp3) is 0.379. The highest BCUT2D eigenvalue weighted by atomic mass is 15.1. The lowest BCUT2D eigenvalue weighted by Gasteiger charge is -2.29. The average molecular weight is 774 g/mol. The SMILES string of the molecule is Cc1ccc(-c2cc(C3CCCCC3)cc(C3CCCCC3)c2)cc1-c1ccc(N(c2cccc(C3CCCCC3)c2)c2ccc3c(c2)C(C)(C)c2ccccc2-3)cc1. The number of benzene rings is 6. The molecule has 0 radical (unpaired) electrons. The first kappa shape index (κ1) is 38.3. The maximum atomic E-state index is 2.63. The van der Waals surface area contributed by atoms with E-state index in [0.29, 0.717) is 17.8 Å². The monoisotopic (exact) mass is 773 g/mol. The Morgan fingerprint density at radius 2 is 0.949 bits per heavy atom. The fourth-order valence-electron chi connectivity index (χ4n) is 11.7. The first-order valence-electron chi connectivity index (χ1n) is 23.4. The van der Waals surface area contributed by atoms with Crippen molar-refractivity contribution in [3.8, 4) is 33.4 Å². The molecule has 6 aromatic rings. The van der Waals surface area contributed by atoms with Crippen LogP contribution in [-0.2, 0) is 5.41 Å². The molecule has 1 nitrogen and oxygen atoms in total. The maximum Gasteiger partial charge on any atom is 0.0465 e. The van der Waals surface area contributed by atoms with Crippen molar-refractivity contribution in [2.24, 2.45) is 0 Å². The van der Waals surface area contributed by atoms with Gasteiger partial charge in [-0.25, -0.2) is 0 Å². The molecule has 0 heterocycles. The van der Waals surface area contributed by atoms with E-state index in [1.807, 2.05) is 0 Å². The zero-order valence-corrected chi connectivity index (χ0v) is 35.9. The molecule has 3 fully saturated rings. The van der Waals surface area contributed by atoms with Crippen molar-refractivity contribution >= 4 is 17.1 Å². The summed E-state index contributed by atoms with van der Waals surface area (Å²) in [6.07, 6.45) is 20.3. The molecule has 0 saturated heterocycles. The van der Waals surface area contributed by atoms with Crippen LogP contribution in [0.3, 0.4) is 0 Å². The number of anilines is 3. The first-order valence-corrected chi connectivity index (χ1v) is 23.4. The third kappa shape index (κ3) is 7.49. The molecular formula is C58H63N. The van der Waals surface area contributed by atoms with E-state index in [2.05, 4.69) is 153 Å². The van der Waals surface area contributed by atoms with Gasteiger partial charge in [0.25, 0.3) is 0 Å². The van der Waals surface area contributed by atoms with Gasteiger partial charge in [-0.1, -0.05) is 157 Å². The fourth-order valence-corrected chi connectivity index (χ4v) is 11.7. The van der Waals surface area contributed by atoms with E-state index >= 15 is 0 Å². The molecule has 0 N–H and O–H groups in total. The van der Waals surface area contributed by atoms with Crippen LogP contribution in [0, 0.1) is 6.92 Å². The Morgan fingerprint density at radius 1 is 0.390 bits per heavy atom. The zero-order chi connectivity index (χ0) is 39.9. The zero-order valence-electron chi connectivity index (χ0n) is 35.9. The van der Waals surface area contributed by atoms with Gasteiger partial charge in [0.05, 0.1) is 0 Å². The molecule has 10 rings (SSSR count). The number of fused-ring (bicyclic) bond motifs is 3. The molecule has 3 saturated carbocycles. The summed E-state index contributed by atoms with van der Waals surface area (Å²) in [6, 6.07) is 50.2. The maximum absolute atomic E-state index is 2.63. The molecule has 0 amide bonds. The second-order valence-electron chi connectivity index (χ2n) is 19.3. The van der Waals surface area contributed by atoms with Gasteiger partial charge in [-0.2, -0.15) is 0 Å². The van der Waals surface area contributed by atoms with Crippen LogP contribution >= 0.6 is 0 Å². The molecule has 0 atom stereocenters. The van der Waals surface area contributed by atoms with Crippen molar-refractivity contribution in [1.82, 2.24) is 0 Å². The van der Waals surface area contributed by atoms with Gasteiger partial charge < -0.3 is 4.90 Å². The Labute approximate surface area is 354 Å². The minimum Gasteiger partial charge on any atom is -0.310 e. The lowest BCUT2D eigenvalue weighted by Crippen LogP contribution is -2.16. The Kier molecular flexibility index (Phi) is 10.6. The highest BCUT2D eigenvalue weighted by Crippen LogP contribution is 2.51. The third-order valence-corrected chi connectivity index (χ3v) is 15.2. The van der Waals surface area contributed by atoms with Crippen LogP contribution in [0.5, 0.6) is 0 Å². The van der Waals surface area contributed by atoms with Crippen molar-refractivity contribution in [2.75, 3.05) is 4.90 Å². The van der Waals surface area contributed by atoms with Crippen LogP contribution in [0.25, 0.3) is 33.4 Å². The third-order valence-electron chi connectivity index (χ3n) is 15.2. The number of hydrogen-bond acceptors (Lipinski definition) is 1. The standard InChI is InChI=1S/C58H63N/c1-40-26-27-46(49-35-47(42-18-9-5-10-19-42)34-48(36-49)43-20-11-6-12-21-43)38-55(40)44-28-30-50(31-29-44)59(51-23-15-22-45(37-51)41-16-7-4-8-17-41)52-32-33-54-53-24-13-14-25-56(53)58(2,3)57(54)39-52/h13-15,22-39,41-43H,4-12,16-21H2,1-3H3. The second kappa shape index (κ2) is 16.3. The van der Waals surface area contributed by atoms with Crippen LogP contribution in [0.4, 0.5) is 17.1 Å². The minimum absolute atomic E-state index is 0.0585. The average Bonchev–Trinajstić information content (AvgIpc) is 3.53. The summed E-state index contributed by atoms with van der Waals surface area (Å²) < 4.78 is 0. The smallest absolute Gasteiger partial charge is 0.0465 e. The number of rotatable bonds is 8. The summed E-state index contributed by atoms with van der Waals surface area (Å²) in [5, 5.41) is 0. The molecule has 0 bridgehead atoms. The van der Waals surface area contributed by atoms with E-state index in [9.17, 15) is 0 Å². The van der Waals surface area contributed by atoms with Crippen molar-refractivity contribution in [1.29, 1.82) is 0 Å². The van der Waals surface area contributed by atoms with Crippen molar-refractivity contribution < 1.29 is 0 Å². The Hall–Kier alpha value is -4.88. The number of nitrogens with zero attached hydrogens (tertiary/aromatic N) is 1. The lowest BCUT2D eigenvalue weighted by molar-refractivity contribution is 0.435. The van der Waals surface area contributed by atoms with Crippen LogP contribution in [0.15, 0.2) is 127 Å². The molecule has 0 unspecified atom stereocenters. The highest BCUT2D eigenvalue weighted by molar-refractivity contribution is 5.86. The summed E-state index contributed by atoms with van der Waals surface area (Å²) in [4.78, 5) is 2.52. The lowest BCUT2D eigenvalue weighted by atomic mass is 9.78. The van der Waals surface area contributed by atoms with Crippen LogP contribution in [0.2, 0.25) is 0 Å². The van der Waals surface area contributed by atoms with E-state index in [1.165, 1.54) is 169 Å². The molecule has 0 spiro atoms. The van der Waals surface area contributed by atoms with Crippen LogP contribution < -0.4 is 4.90 Å². The minimum atomic E-state index is -0.0585. The summed E-state index contributed by atoms with van der Waals surface area (Å²) in [5.74, 6) is 2.07. The Morgan fingerprint density at radius 3 is 1.61 bits per heavy atom. The van der Waals surface area contributed by atoms with Gasteiger partial charge in [0.1, 0.15) is 0 Å². The molecular weight excluding hydrogens is 711 g/mol. The summed E-state index contributed by atoms with van der Waals surface area (Å²) in [7, 11) is 0. The largest absolute Gasteiger partial charge is 0.310 e. The predicted octanol–water partition coefficient (Wildman–Crippen LogP) is 17.2.